The van der Waals surface area contributed by atoms with Gasteiger partial charge in [-0.25, -0.2) is 4.79 Å². The molecule has 1 aromatic rings. The SMILES string of the molecule is CC(C)(C)OC(=O)N1CCC(C(=O)NCC(SCc2ccccn2)C(=O)NCC#N)CC1. The van der Waals surface area contributed by atoms with Crippen LogP contribution in [0.5, 0.6) is 0 Å². The highest BCUT2D eigenvalue weighted by Crippen LogP contribution is 2.21. The lowest BCUT2D eigenvalue weighted by Crippen LogP contribution is -2.47. The second-order valence-corrected chi connectivity index (χ2v) is 9.67. The Bertz CT molecular complexity index is 814. The van der Waals surface area contributed by atoms with Crippen LogP contribution in [-0.4, -0.2) is 64.8 Å². The molecule has 2 N–H and O–H groups in total. The summed E-state index contributed by atoms with van der Waals surface area (Å²) in [5, 5.41) is 13.6. The predicted octanol–water partition coefficient (Wildman–Crippen LogP) is 2.09. The second kappa shape index (κ2) is 12.3. The molecule has 0 aromatic carbocycles. The number of ether oxygens (including phenoxy) is 1. The number of pyridine rings is 1. The minimum absolute atomic E-state index is 0.0868. The highest BCUT2D eigenvalue weighted by atomic mass is 32.2. The molecule has 1 atom stereocenters. The van der Waals surface area contributed by atoms with Crippen molar-refractivity contribution < 1.29 is 19.1 Å². The lowest BCUT2D eigenvalue weighted by Gasteiger charge is -2.33. The molecule has 1 fully saturated rings. The third kappa shape index (κ3) is 8.75. The van der Waals surface area contributed by atoms with Crippen molar-refractivity contribution >= 4 is 29.7 Å². The molecular formula is C22H31N5O4S. The lowest BCUT2D eigenvalue weighted by atomic mass is 9.96. The van der Waals surface area contributed by atoms with Gasteiger partial charge in [-0.15, -0.1) is 11.8 Å². The average molecular weight is 462 g/mol. The van der Waals surface area contributed by atoms with Crippen molar-refractivity contribution in [1.82, 2.24) is 20.5 Å². The van der Waals surface area contributed by atoms with E-state index in [9.17, 15) is 14.4 Å². The van der Waals surface area contributed by atoms with Gasteiger partial charge >= 0.3 is 6.09 Å². The highest BCUT2D eigenvalue weighted by Gasteiger charge is 2.30. The van der Waals surface area contributed by atoms with Crippen LogP contribution >= 0.6 is 11.8 Å². The van der Waals surface area contributed by atoms with E-state index < -0.39 is 10.9 Å². The third-order valence-corrected chi connectivity index (χ3v) is 6.02. The Hall–Kier alpha value is -2.80. The van der Waals surface area contributed by atoms with E-state index in [1.165, 1.54) is 11.8 Å². The van der Waals surface area contributed by atoms with Crippen LogP contribution in [0.3, 0.4) is 0 Å². The Morgan fingerprint density at radius 3 is 2.59 bits per heavy atom. The van der Waals surface area contributed by atoms with E-state index in [2.05, 4.69) is 15.6 Å². The first kappa shape index (κ1) is 25.5. The summed E-state index contributed by atoms with van der Waals surface area (Å²) in [5.41, 5.74) is 0.274. The van der Waals surface area contributed by atoms with Crippen LogP contribution in [0.4, 0.5) is 4.79 Å². The number of piperidine rings is 1. The number of carbonyl (C=O) groups excluding carboxylic acids is 3. The van der Waals surface area contributed by atoms with Gasteiger partial charge in [0.1, 0.15) is 17.4 Å². The van der Waals surface area contributed by atoms with Gasteiger partial charge in [0, 0.05) is 37.5 Å². The van der Waals surface area contributed by atoms with Crippen molar-refractivity contribution in [2.24, 2.45) is 5.92 Å². The van der Waals surface area contributed by atoms with E-state index in [1.807, 2.05) is 45.0 Å². The second-order valence-electron chi connectivity index (χ2n) is 8.48. The highest BCUT2D eigenvalue weighted by molar-refractivity contribution is 7.99. The van der Waals surface area contributed by atoms with E-state index in [1.54, 1.807) is 11.1 Å². The van der Waals surface area contributed by atoms with Crippen LogP contribution in [-0.2, 0) is 20.1 Å². The van der Waals surface area contributed by atoms with Crippen molar-refractivity contribution in [2.45, 2.75) is 50.2 Å². The number of likely N-dealkylation sites (tertiary alicyclic amines) is 1. The Morgan fingerprint density at radius 2 is 2.00 bits per heavy atom. The molecule has 1 aliphatic heterocycles. The van der Waals surface area contributed by atoms with E-state index in [0.29, 0.717) is 31.7 Å². The minimum Gasteiger partial charge on any atom is -0.444 e. The summed E-state index contributed by atoms with van der Waals surface area (Å²) >= 11 is 1.36. The monoisotopic (exact) mass is 461 g/mol. The van der Waals surface area contributed by atoms with Gasteiger partial charge in [0.05, 0.1) is 11.8 Å². The topological polar surface area (TPSA) is 124 Å². The fraction of sp³-hybridized carbons (Fsp3) is 0.591. The Balaban J connectivity index is 1.84. The zero-order valence-corrected chi connectivity index (χ0v) is 19.6. The zero-order chi connectivity index (χ0) is 23.6. The average Bonchev–Trinajstić information content (AvgIpc) is 2.77. The maximum absolute atomic E-state index is 12.7. The van der Waals surface area contributed by atoms with Gasteiger partial charge in [0.25, 0.3) is 0 Å². The summed E-state index contributed by atoms with van der Waals surface area (Å²) in [7, 11) is 0. The largest absolute Gasteiger partial charge is 0.444 e. The number of thioether (sulfide) groups is 1. The van der Waals surface area contributed by atoms with Gasteiger partial charge in [-0.05, 0) is 45.7 Å². The molecule has 9 nitrogen and oxygen atoms in total. The molecule has 32 heavy (non-hydrogen) atoms. The molecule has 0 bridgehead atoms. The normalized spacial score (nSPS) is 15.4. The standard InChI is InChI=1S/C22H31N5O4S/c1-22(2,3)31-21(30)27-12-7-16(8-13-27)19(28)26-14-18(20(29)25-11-9-23)32-15-17-6-4-5-10-24-17/h4-6,10,16,18H,7-8,11-15H2,1-3H3,(H,25,29)(H,26,28). The number of hydrogen-bond acceptors (Lipinski definition) is 7. The van der Waals surface area contributed by atoms with Crippen LogP contribution in [0.25, 0.3) is 0 Å². The third-order valence-electron chi connectivity index (χ3n) is 4.77. The van der Waals surface area contributed by atoms with Crippen LogP contribution in [0.15, 0.2) is 24.4 Å². The molecule has 0 spiro atoms. The molecule has 1 aliphatic rings. The van der Waals surface area contributed by atoms with Gasteiger partial charge in [0.15, 0.2) is 0 Å². The molecule has 1 aromatic heterocycles. The summed E-state index contributed by atoms with van der Waals surface area (Å²) in [6, 6.07) is 7.45. The van der Waals surface area contributed by atoms with Gasteiger partial charge in [0.2, 0.25) is 11.8 Å². The first-order valence-corrected chi connectivity index (χ1v) is 11.7. The Labute approximate surface area is 193 Å². The molecule has 2 heterocycles. The van der Waals surface area contributed by atoms with Gasteiger partial charge in [-0.1, -0.05) is 6.07 Å². The Kier molecular flexibility index (Phi) is 9.78. The molecule has 1 unspecified atom stereocenters. The number of nitrogens with zero attached hydrogens (tertiary/aromatic N) is 3. The number of nitrogens with one attached hydrogen (secondary N) is 2. The molecule has 174 valence electrons. The smallest absolute Gasteiger partial charge is 0.410 e. The minimum atomic E-state index is -0.556. The maximum Gasteiger partial charge on any atom is 0.410 e. The van der Waals surface area contributed by atoms with Crippen LogP contribution in [0.2, 0.25) is 0 Å². The summed E-state index contributed by atoms with van der Waals surface area (Å²) in [4.78, 5) is 43.2. The van der Waals surface area contributed by atoms with E-state index in [4.69, 9.17) is 10.00 Å². The molecule has 0 saturated carbocycles. The van der Waals surface area contributed by atoms with Crippen molar-refractivity contribution in [3.8, 4) is 6.07 Å². The fourth-order valence-corrected chi connectivity index (χ4v) is 4.10. The number of hydrogen-bond donors (Lipinski definition) is 2. The number of aromatic nitrogens is 1. The molecule has 0 aliphatic carbocycles. The Morgan fingerprint density at radius 1 is 1.28 bits per heavy atom. The van der Waals surface area contributed by atoms with Crippen molar-refractivity contribution in [1.29, 1.82) is 5.26 Å². The number of carbonyl (C=O) groups is 3. The van der Waals surface area contributed by atoms with Crippen molar-refractivity contribution in [3.63, 3.8) is 0 Å². The predicted molar refractivity (Wildman–Crippen MR) is 121 cm³/mol. The first-order chi connectivity index (χ1) is 15.2. The van der Waals surface area contributed by atoms with Crippen LogP contribution < -0.4 is 10.6 Å². The van der Waals surface area contributed by atoms with Crippen molar-refractivity contribution in [3.05, 3.63) is 30.1 Å². The molecule has 3 amide bonds. The molecule has 1 saturated heterocycles. The van der Waals surface area contributed by atoms with Gasteiger partial charge < -0.3 is 20.3 Å². The summed E-state index contributed by atoms with van der Waals surface area (Å²) in [5.74, 6) is -0.148. The maximum atomic E-state index is 12.7. The van der Waals surface area contributed by atoms with Crippen LogP contribution in [0.1, 0.15) is 39.3 Å². The molecule has 10 heteroatoms. The summed E-state index contributed by atoms with van der Waals surface area (Å²) < 4.78 is 5.39. The summed E-state index contributed by atoms with van der Waals surface area (Å²) in [6.45, 7) is 6.43. The van der Waals surface area contributed by atoms with E-state index >= 15 is 0 Å². The number of amides is 3. The first-order valence-electron chi connectivity index (χ1n) is 10.6. The fourth-order valence-electron chi connectivity index (χ4n) is 3.13. The van der Waals surface area contributed by atoms with E-state index in [0.717, 1.165) is 5.69 Å². The van der Waals surface area contributed by atoms with E-state index in [-0.39, 0.29) is 36.9 Å². The quantitative estimate of drug-likeness (QED) is 0.568. The van der Waals surface area contributed by atoms with Gasteiger partial charge in [-0.3, -0.25) is 14.6 Å². The number of rotatable bonds is 8. The molecule has 2 rings (SSSR count). The van der Waals surface area contributed by atoms with Gasteiger partial charge in [-0.2, -0.15) is 5.26 Å². The summed E-state index contributed by atoms with van der Waals surface area (Å²) in [6.07, 6.45) is 2.40. The number of nitriles is 1. The van der Waals surface area contributed by atoms with Crippen LogP contribution in [0, 0.1) is 17.2 Å². The lowest BCUT2D eigenvalue weighted by molar-refractivity contribution is -0.126. The van der Waals surface area contributed by atoms with Crippen molar-refractivity contribution in [2.75, 3.05) is 26.2 Å². The molecule has 0 radical (unpaired) electrons. The molecular weight excluding hydrogens is 430 g/mol. The zero-order valence-electron chi connectivity index (χ0n) is 18.8.